The molecule has 0 radical (unpaired) electrons. The largest absolute Gasteiger partial charge is 0.435 e. The van der Waals surface area contributed by atoms with Crippen LogP contribution in [0.3, 0.4) is 0 Å². The van der Waals surface area contributed by atoms with E-state index in [4.69, 9.17) is 0 Å². The maximum Gasteiger partial charge on any atom is 0.435 e. The molecule has 2 heterocycles. The van der Waals surface area contributed by atoms with E-state index in [1.54, 1.807) is 0 Å². The van der Waals surface area contributed by atoms with Crippen molar-refractivity contribution in [1.29, 1.82) is 0 Å². The fourth-order valence-corrected chi connectivity index (χ4v) is 3.37. The highest BCUT2D eigenvalue weighted by Crippen LogP contribution is 2.34. The van der Waals surface area contributed by atoms with Gasteiger partial charge in [0.2, 0.25) is 0 Å². The summed E-state index contributed by atoms with van der Waals surface area (Å²) in [6, 6.07) is 3.52. The lowest BCUT2D eigenvalue weighted by Crippen LogP contribution is -2.09. The van der Waals surface area contributed by atoms with E-state index in [1.165, 1.54) is 18.3 Å². The second kappa shape index (κ2) is 6.29. The number of allylic oxidation sites excluding steroid dienone is 2. The van der Waals surface area contributed by atoms with Gasteiger partial charge in [-0.15, -0.1) is 0 Å². The fraction of sp³-hybridized carbons (Fsp3) is 0.375. The molecule has 0 aromatic carbocycles. The normalized spacial score (nSPS) is 15.9. The van der Waals surface area contributed by atoms with Crippen molar-refractivity contribution < 1.29 is 21.6 Å². The van der Waals surface area contributed by atoms with Crippen LogP contribution in [0, 0.1) is 0 Å². The first-order chi connectivity index (χ1) is 11.7. The minimum atomic E-state index is -4.59. The zero-order chi connectivity index (χ0) is 18.2. The Labute approximate surface area is 143 Å². The van der Waals surface area contributed by atoms with Crippen molar-refractivity contribution in [2.45, 2.75) is 36.8 Å². The molecule has 0 N–H and O–H groups in total. The molecule has 9 heteroatoms. The lowest BCUT2D eigenvalue weighted by Gasteiger charge is -2.14. The Morgan fingerprint density at radius 2 is 1.96 bits per heavy atom. The van der Waals surface area contributed by atoms with Crippen LogP contribution >= 0.6 is 0 Å². The number of pyridine rings is 1. The summed E-state index contributed by atoms with van der Waals surface area (Å²) >= 11 is 0. The number of rotatable bonds is 3. The highest BCUT2D eigenvalue weighted by molar-refractivity contribution is 7.90. The molecule has 1 aliphatic carbocycles. The smallest absolute Gasteiger partial charge is 0.237 e. The highest BCUT2D eigenvalue weighted by atomic mass is 32.2. The Hall–Kier alpha value is -2.16. The van der Waals surface area contributed by atoms with Crippen molar-refractivity contribution >= 4 is 15.4 Å². The van der Waals surface area contributed by atoms with Gasteiger partial charge in [-0.2, -0.15) is 18.3 Å². The van der Waals surface area contributed by atoms with Gasteiger partial charge < -0.3 is 0 Å². The van der Waals surface area contributed by atoms with Crippen LogP contribution in [-0.2, 0) is 16.0 Å². The van der Waals surface area contributed by atoms with Gasteiger partial charge in [-0.1, -0.05) is 6.08 Å². The maximum atomic E-state index is 13.1. The summed E-state index contributed by atoms with van der Waals surface area (Å²) in [7, 11) is -3.51. The zero-order valence-corrected chi connectivity index (χ0v) is 14.2. The number of aromatic nitrogens is 3. The van der Waals surface area contributed by atoms with E-state index in [0.717, 1.165) is 41.8 Å². The molecule has 0 amide bonds. The van der Waals surface area contributed by atoms with Crippen molar-refractivity contribution in [3.63, 3.8) is 0 Å². The summed E-state index contributed by atoms with van der Waals surface area (Å²) in [5, 5.41) is 3.64. The van der Waals surface area contributed by atoms with Gasteiger partial charge in [0.25, 0.3) is 0 Å². The predicted octanol–water partition coefficient (Wildman–Crippen LogP) is 3.65. The molecule has 0 unspecified atom stereocenters. The monoisotopic (exact) mass is 371 g/mol. The summed E-state index contributed by atoms with van der Waals surface area (Å²) in [6.07, 6.45) is 2.90. The molecule has 5 nitrogen and oxygen atoms in total. The SMILES string of the molecule is CS(=O)(=O)c1ccnc(-n2nc(C(F)(F)F)cc2C2=CCCCC2)c1. The van der Waals surface area contributed by atoms with Crippen LogP contribution < -0.4 is 0 Å². The number of halogens is 3. The quantitative estimate of drug-likeness (QED) is 0.826. The molecule has 0 atom stereocenters. The second-order valence-electron chi connectivity index (χ2n) is 5.92. The molecule has 0 spiro atoms. The Morgan fingerprint density at radius 3 is 2.56 bits per heavy atom. The summed E-state index contributed by atoms with van der Waals surface area (Å²) in [5.74, 6) is 0.0416. The summed E-state index contributed by atoms with van der Waals surface area (Å²) in [4.78, 5) is 3.99. The van der Waals surface area contributed by atoms with Crippen LogP contribution in [-0.4, -0.2) is 29.4 Å². The third kappa shape index (κ3) is 3.76. The first-order valence-electron chi connectivity index (χ1n) is 7.69. The van der Waals surface area contributed by atoms with E-state index in [-0.39, 0.29) is 10.7 Å². The van der Waals surface area contributed by atoms with Crippen molar-refractivity contribution in [3.05, 3.63) is 41.9 Å². The molecule has 0 bridgehead atoms. The summed E-state index contributed by atoms with van der Waals surface area (Å²) < 4.78 is 63.9. The lowest BCUT2D eigenvalue weighted by molar-refractivity contribution is -0.141. The third-order valence-corrected chi connectivity index (χ3v) is 5.09. The molecule has 2 aromatic heterocycles. The minimum absolute atomic E-state index is 0.0230. The van der Waals surface area contributed by atoms with Crippen molar-refractivity contribution in [2.24, 2.45) is 0 Å². The molecule has 0 saturated heterocycles. The number of alkyl halides is 3. The molecule has 1 aliphatic rings. The molecule has 0 aliphatic heterocycles. The van der Waals surface area contributed by atoms with Gasteiger partial charge in [0.05, 0.1) is 10.6 Å². The van der Waals surface area contributed by atoms with Crippen molar-refractivity contribution in [2.75, 3.05) is 6.26 Å². The fourth-order valence-electron chi connectivity index (χ4n) is 2.74. The van der Waals surface area contributed by atoms with Crippen molar-refractivity contribution in [1.82, 2.24) is 14.8 Å². The predicted molar refractivity (Wildman–Crippen MR) is 85.9 cm³/mol. The summed E-state index contributed by atoms with van der Waals surface area (Å²) in [6.45, 7) is 0. The number of sulfone groups is 1. The van der Waals surface area contributed by atoms with E-state index in [1.807, 2.05) is 6.08 Å². The van der Waals surface area contributed by atoms with Gasteiger partial charge in [-0.25, -0.2) is 18.1 Å². The second-order valence-corrected chi connectivity index (χ2v) is 7.94. The van der Waals surface area contributed by atoms with Crippen LogP contribution in [0.2, 0.25) is 0 Å². The van der Waals surface area contributed by atoms with E-state index < -0.39 is 21.7 Å². The van der Waals surface area contributed by atoms with Gasteiger partial charge in [0.15, 0.2) is 21.3 Å². The van der Waals surface area contributed by atoms with Crippen LogP contribution in [0.1, 0.15) is 37.1 Å². The van der Waals surface area contributed by atoms with Gasteiger partial charge in [-0.05, 0) is 43.4 Å². The molecule has 134 valence electrons. The lowest BCUT2D eigenvalue weighted by atomic mass is 9.97. The Bertz CT molecular complexity index is 930. The first kappa shape index (κ1) is 17.7. The van der Waals surface area contributed by atoms with Crippen molar-refractivity contribution in [3.8, 4) is 5.82 Å². The molecule has 0 fully saturated rings. The van der Waals surface area contributed by atoms with Crippen LogP contribution in [0.4, 0.5) is 13.2 Å². The Balaban J connectivity index is 2.18. The molecule has 2 aromatic rings. The van der Waals surface area contributed by atoms with Crippen LogP contribution in [0.15, 0.2) is 35.4 Å². The zero-order valence-electron chi connectivity index (χ0n) is 13.4. The van der Waals surface area contributed by atoms with Gasteiger partial charge in [-0.3, -0.25) is 0 Å². The summed E-state index contributed by atoms with van der Waals surface area (Å²) in [5.41, 5.74) is 0.0338. The number of hydrogen-bond acceptors (Lipinski definition) is 4. The maximum absolute atomic E-state index is 13.1. The van der Waals surface area contributed by atoms with Gasteiger partial charge in [0.1, 0.15) is 0 Å². The standard InChI is InChI=1S/C16H16F3N3O2S/c1-25(23,24)12-7-8-20-15(9-12)22-13(11-5-3-2-4-6-11)10-14(21-22)16(17,18)19/h5,7-10H,2-4,6H2,1H3. The van der Waals surface area contributed by atoms with Gasteiger partial charge >= 0.3 is 6.18 Å². The molecule has 0 saturated carbocycles. The van der Waals surface area contributed by atoms with E-state index in [9.17, 15) is 21.6 Å². The number of hydrogen-bond donors (Lipinski definition) is 0. The van der Waals surface area contributed by atoms with Crippen LogP contribution in [0.5, 0.6) is 0 Å². The average Bonchev–Trinajstić information content (AvgIpc) is 3.00. The first-order valence-corrected chi connectivity index (χ1v) is 9.58. The van der Waals surface area contributed by atoms with E-state index in [2.05, 4.69) is 10.1 Å². The van der Waals surface area contributed by atoms with Crippen LogP contribution in [0.25, 0.3) is 11.4 Å². The Morgan fingerprint density at radius 1 is 1.20 bits per heavy atom. The Kier molecular flexibility index (Phi) is 4.44. The highest BCUT2D eigenvalue weighted by Gasteiger charge is 2.35. The molecule has 25 heavy (non-hydrogen) atoms. The molecule has 3 rings (SSSR count). The van der Waals surface area contributed by atoms with E-state index >= 15 is 0 Å². The average molecular weight is 371 g/mol. The topological polar surface area (TPSA) is 64.8 Å². The van der Waals surface area contributed by atoms with E-state index in [0.29, 0.717) is 12.1 Å². The number of nitrogens with zero attached hydrogens (tertiary/aromatic N) is 3. The molecular formula is C16H16F3N3O2S. The minimum Gasteiger partial charge on any atom is -0.237 e. The third-order valence-electron chi connectivity index (χ3n) is 3.98. The molecular weight excluding hydrogens is 355 g/mol. The van der Waals surface area contributed by atoms with Gasteiger partial charge in [0, 0.05) is 18.5 Å².